The second-order valence-electron chi connectivity index (χ2n) is 10.9. The van der Waals surface area contributed by atoms with Crippen molar-refractivity contribution in [2.75, 3.05) is 5.32 Å². The Morgan fingerprint density at radius 2 is 1.94 bits per heavy atom. The Morgan fingerprint density at radius 1 is 1.20 bits per heavy atom. The van der Waals surface area contributed by atoms with Gasteiger partial charge in [-0.15, -0.1) is 11.3 Å². The van der Waals surface area contributed by atoms with Crippen LogP contribution in [0.2, 0.25) is 5.02 Å². The Bertz CT molecular complexity index is 1080. The Balaban J connectivity index is 1.24. The van der Waals surface area contributed by atoms with Crippen LogP contribution in [0, 0.1) is 18.8 Å². The number of rotatable bonds is 9. The fraction of sp³-hybridized carbons (Fsp3) is 0.593. The lowest BCUT2D eigenvalue weighted by Crippen LogP contribution is -2.70. The van der Waals surface area contributed by atoms with Crippen LogP contribution in [-0.2, 0) is 4.79 Å². The van der Waals surface area contributed by atoms with E-state index in [4.69, 9.17) is 11.6 Å². The van der Waals surface area contributed by atoms with Gasteiger partial charge in [0.2, 0.25) is 5.91 Å². The van der Waals surface area contributed by atoms with Crippen LogP contribution in [0.1, 0.15) is 91.0 Å². The summed E-state index contributed by atoms with van der Waals surface area (Å²) in [7, 11) is 0. The molecule has 2 heterocycles. The van der Waals surface area contributed by atoms with Crippen LogP contribution in [0.4, 0.5) is 5.69 Å². The minimum Gasteiger partial charge on any atom is -0.376 e. The number of aryl methyl sites for hydroxylation is 1. The molecule has 2 atom stereocenters. The fourth-order valence-corrected chi connectivity index (χ4v) is 6.93. The molecule has 2 amide bonds. The third-order valence-corrected chi connectivity index (χ3v) is 9.52. The van der Waals surface area contributed by atoms with E-state index in [0.717, 1.165) is 60.7 Å². The average Bonchev–Trinajstić information content (AvgIpc) is 3.29. The number of halogens is 1. The van der Waals surface area contributed by atoms with E-state index in [1.807, 2.05) is 25.1 Å². The molecule has 4 aliphatic rings. The van der Waals surface area contributed by atoms with E-state index in [1.165, 1.54) is 30.6 Å². The molecule has 4 aliphatic carbocycles. The molecule has 0 spiro atoms. The normalized spacial score (nSPS) is 25.1. The summed E-state index contributed by atoms with van der Waals surface area (Å²) in [4.78, 5) is 32.4. The quantitative estimate of drug-likeness (QED) is 0.382. The maximum absolute atomic E-state index is 13.2. The van der Waals surface area contributed by atoms with Crippen molar-refractivity contribution in [3.8, 4) is 0 Å². The topological polar surface area (TPSA) is 83.1 Å². The molecule has 0 saturated heterocycles. The highest BCUT2D eigenvalue weighted by atomic mass is 35.5. The largest absolute Gasteiger partial charge is 0.376 e. The van der Waals surface area contributed by atoms with Gasteiger partial charge in [0.25, 0.3) is 5.91 Å². The first-order chi connectivity index (χ1) is 16.8. The number of amides is 2. The summed E-state index contributed by atoms with van der Waals surface area (Å²) in [5.74, 6) is 1.14. The van der Waals surface area contributed by atoms with E-state index in [9.17, 15) is 9.59 Å². The number of carbonyl (C=O) groups excluding carboxylic acids is 2. The summed E-state index contributed by atoms with van der Waals surface area (Å²) >= 11 is 7.56. The molecule has 2 aromatic rings. The predicted octanol–water partition coefficient (Wildman–Crippen LogP) is 6.02. The third kappa shape index (κ3) is 5.51. The zero-order chi connectivity index (χ0) is 24.6. The zero-order valence-corrected chi connectivity index (χ0v) is 22.1. The van der Waals surface area contributed by atoms with Crippen LogP contribution in [0.3, 0.4) is 0 Å². The number of hydrogen-bond donors (Lipinski definition) is 3. The molecule has 188 valence electrons. The van der Waals surface area contributed by atoms with Crippen molar-refractivity contribution in [2.24, 2.45) is 11.8 Å². The second-order valence-corrected chi connectivity index (χ2v) is 12.4. The van der Waals surface area contributed by atoms with Crippen molar-refractivity contribution in [3.63, 3.8) is 0 Å². The van der Waals surface area contributed by atoms with Gasteiger partial charge < -0.3 is 16.0 Å². The van der Waals surface area contributed by atoms with E-state index < -0.39 is 6.04 Å². The minimum atomic E-state index is -0.471. The molecule has 0 aliphatic heterocycles. The van der Waals surface area contributed by atoms with Crippen LogP contribution in [0.5, 0.6) is 0 Å². The number of hydrogen-bond acceptors (Lipinski definition) is 5. The number of nitrogens with one attached hydrogen (secondary N) is 3. The standard InChI is InChI=1S/C27H35ClN4O2S/c1-16-21(11-20(28)15-29-16)30-17(2)23-8-9-24(35-23)26(34)31-22(10-18-6-4-3-5-7-18)25(33)32-27-12-19(13-27)14-27/h8-9,11,15,17-19,22,30H,3-7,10,12-14H2,1-2H3,(H,31,34)(H,32,33). The first-order valence-corrected chi connectivity index (χ1v) is 14.1. The highest BCUT2D eigenvalue weighted by Crippen LogP contribution is 2.57. The second kappa shape index (κ2) is 10.1. The van der Waals surface area contributed by atoms with E-state index in [1.54, 1.807) is 6.20 Å². The summed E-state index contributed by atoms with van der Waals surface area (Å²) < 4.78 is 0. The summed E-state index contributed by atoms with van der Waals surface area (Å²) in [6, 6.07) is 5.21. The lowest BCUT2D eigenvalue weighted by atomic mass is 9.50. The molecule has 35 heavy (non-hydrogen) atoms. The average molecular weight is 515 g/mol. The van der Waals surface area contributed by atoms with E-state index >= 15 is 0 Å². The monoisotopic (exact) mass is 514 g/mol. The van der Waals surface area contributed by atoms with Crippen molar-refractivity contribution >= 4 is 40.4 Å². The number of pyridine rings is 1. The molecular formula is C27H35ClN4O2S. The Morgan fingerprint density at radius 3 is 2.63 bits per heavy atom. The number of thiophene rings is 1. The van der Waals surface area contributed by atoms with Crippen molar-refractivity contribution in [1.29, 1.82) is 0 Å². The molecule has 4 saturated carbocycles. The molecule has 6 nitrogen and oxygen atoms in total. The maximum atomic E-state index is 13.2. The molecule has 8 heteroatoms. The van der Waals surface area contributed by atoms with Crippen LogP contribution in [0.25, 0.3) is 0 Å². The van der Waals surface area contributed by atoms with Gasteiger partial charge in [0, 0.05) is 16.6 Å². The van der Waals surface area contributed by atoms with Gasteiger partial charge in [-0.25, -0.2) is 0 Å². The number of carbonyl (C=O) groups is 2. The Hall–Kier alpha value is -2.12. The molecule has 4 fully saturated rings. The smallest absolute Gasteiger partial charge is 0.262 e. The van der Waals surface area contributed by atoms with E-state index in [-0.39, 0.29) is 23.4 Å². The fourth-order valence-electron chi connectivity index (χ4n) is 5.86. The predicted molar refractivity (Wildman–Crippen MR) is 141 cm³/mol. The summed E-state index contributed by atoms with van der Waals surface area (Å²) in [5, 5.41) is 10.4. The molecule has 0 radical (unpaired) electrons. The molecule has 3 N–H and O–H groups in total. The summed E-state index contributed by atoms with van der Waals surface area (Å²) in [6.07, 6.45) is 11.7. The first kappa shape index (κ1) is 24.6. The highest BCUT2D eigenvalue weighted by Gasteiger charge is 2.57. The van der Waals surface area contributed by atoms with Gasteiger partial charge >= 0.3 is 0 Å². The molecule has 2 bridgehead atoms. The highest BCUT2D eigenvalue weighted by molar-refractivity contribution is 7.14. The Kier molecular flexibility index (Phi) is 7.09. The van der Waals surface area contributed by atoms with Crippen LogP contribution in [-0.4, -0.2) is 28.4 Å². The van der Waals surface area contributed by atoms with Crippen molar-refractivity contribution < 1.29 is 9.59 Å². The van der Waals surface area contributed by atoms with Crippen molar-refractivity contribution in [2.45, 2.75) is 89.3 Å². The van der Waals surface area contributed by atoms with Gasteiger partial charge in [0.1, 0.15) is 6.04 Å². The Labute approximate surface area is 216 Å². The van der Waals surface area contributed by atoms with Crippen LogP contribution < -0.4 is 16.0 Å². The van der Waals surface area contributed by atoms with Gasteiger partial charge in [-0.2, -0.15) is 0 Å². The maximum Gasteiger partial charge on any atom is 0.262 e. The van der Waals surface area contributed by atoms with Crippen molar-refractivity contribution in [1.82, 2.24) is 15.6 Å². The minimum absolute atomic E-state index is 0.00202. The van der Waals surface area contributed by atoms with E-state index in [2.05, 4.69) is 27.9 Å². The zero-order valence-electron chi connectivity index (χ0n) is 20.5. The third-order valence-electron chi connectivity index (χ3n) is 8.05. The lowest BCUT2D eigenvalue weighted by molar-refractivity contribution is -0.135. The van der Waals surface area contributed by atoms with E-state index in [0.29, 0.717) is 15.8 Å². The van der Waals surface area contributed by atoms with Crippen LogP contribution in [0.15, 0.2) is 24.4 Å². The first-order valence-electron chi connectivity index (χ1n) is 12.9. The van der Waals surface area contributed by atoms with Gasteiger partial charge in [-0.3, -0.25) is 14.6 Å². The number of nitrogens with zero attached hydrogens (tertiary/aromatic N) is 1. The molecule has 0 aromatic carbocycles. The van der Waals surface area contributed by atoms with Gasteiger partial charge in [-0.1, -0.05) is 43.7 Å². The van der Waals surface area contributed by atoms with Crippen molar-refractivity contribution in [3.05, 3.63) is 44.9 Å². The van der Waals surface area contributed by atoms with Gasteiger partial charge in [0.15, 0.2) is 0 Å². The molecular weight excluding hydrogens is 480 g/mol. The molecule has 2 unspecified atom stereocenters. The number of anilines is 1. The summed E-state index contributed by atoms with van der Waals surface area (Å²) in [5.41, 5.74) is 1.76. The summed E-state index contributed by atoms with van der Waals surface area (Å²) in [6.45, 7) is 3.99. The van der Waals surface area contributed by atoms with Gasteiger partial charge in [0.05, 0.1) is 27.3 Å². The molecule has 6 rings (SSSR count). The van der Waals surface area contributed by atoms with Crippen LogP contribution >= 0.6 is 22.9 Å². The molecule has 2 aromatic heterocycles. The lowest BCUT2D eigenvalue weighted by Gasteiger charge is -2.62. The van der Waals surface area contributed by atoms with Gasteiger partial charge in [-0.05, 0) is 69.6 Å². The SMILES string of the molecule is Cc1ncc(Cl)cc1NC(C)c1ccc(C(=O)NC(CC2CCCCC2)C(=O)NC23CC(C2)C3)s1. The number of aromatic nitrogens is 1.